The fourth-order valence-corrected chi connectivity index (χ4v) is 9.54. The van der Waals surface area contributed by atoms with Gasteiger partial charge in [-0.1, -0.05) is 36.4 Å². The van der Waals surface area contributed by atoms with E-state index in [2.05, 4.69) is 80.9 Å². The van der Waals surface area contributed by atoms with Gasteiger partial charge in [-0.3, -0.25) is 34.3 Å². The van der Waals surface area contributed by atoms with Gasteiger partial charge in [0.15, 0.2) is 0 Å². The highest BCUT2D eigenvalue weighted by molar-refractivity contribution is 6.23. The maximum atomic E-state index is 13.1. The number of hydrogen-bond acceptors (Lipinski definition) is 16. The number of nitrogens with zero attached hydrogens (tertiary/aromatic N) is 7. The van der Waals surface area contributed by atoms with Crippen LogP contribution in [0.15, 0.2) is 60.7 Å². The van der Waals surface area contributed by atoms with Crippen LogP contribution in [0.1, 0.15) is 57.7 Å². The number of likely N-dealkylation sites (tertiary alicyclic amines) is 1. The van der Waals surface area contributed by atoms with E-state index in [-0.39, 0.29) is 55.4 Å². The van der Waals surface area contributed by atoms with Crippen molar-refractivity contribution in [1.29, 1.82) is 5.26 Å². The first kappa shape index (κ1) is 44.9. The Balaban J connectivity index is 0.705. The summed E-state index contributed by atoms with van der Waals surface area (Å²) in [5.41, 5.74) is 3.67. The molecule has 5 aliphatic rings. The molecule has 346 valence electrons. The Hall–Kier alpha value is -6.23. The molecule has 0 radical (unpaired) electrons. The number of ether oxygens (including phenoxy) is 5. The molecular formula is C48H55N9O9. The van der Waals surface area contributed by atoms with Gasteiger partial charge in [0, 0.05) is 67.9 Å². The summed E-state index contributed by atoms with van der Waals surface area (Å²) < 4.78 is 29.8. The quantitative estimate of drug-likeness (QED) is 0.109. The van der Waals surface area contributed by atoms with Gasteiger partial charge >= 0.3 is 6.01 Å². The third-order valence-electron chi connectivity index (χ3n) is 12.9. The van der Waals surface area contributed by atoms with Crippen molar-refractivity contribution < 1.29 is 42.9 Å². The molecule has 0 saturated carbocycles. The summed E-state index contributed by atoms with van der Waals surface area (Å²) in [6.07, 6.45) is 2.22. The Labute approximate surface area is 383 Å². The molecule has 9 rings (SSSR count). The van der Waals surface area contributed by atoms with E-state index >= 15 is 0 Å². The number of hydrogen-bond donors (Lipinski definition) is 2. The number of carbonyl (C=O) groups is 4. The molecule has 18 nitrogen and oxygen atoms in total. The van der Waals surface area contributed by atoms with E-state index in [1.54, 1.807) is 6.07 Å². The van der Waals surface area contributed by atoms with Gasteiger partial charge < -0.3 is 38.8 Å². The van der Waals surface area contributed by atoms with Crippen LogP contribution >= 0.6 is 0 Å². The number of anilines is 2. The maximum Gasteiger partial charge on any atom is 0.318 e. The first-order chi connectivity index (χ1) is 32.2. The zero-order valence-corrected chi connectivity index (χ0v) is 37.1. The summed E-state index contributed by atoms with van der Waals surface area (Å²) in [5, 5.41) is 17.5. The van der Waals surface area contributed by atoms with E-state index in [1.165, 1.54) is 28.6 Å². The second kappa shape index (κ2) is 20.5. The number of aromatic nitrogens is 2. The molecule has 0 aliphatic carbocycles. The van der Waals surface area contributed by atoms with E-state index in [0.29, 0.717) is 64.3 Å². The minimum atomic E-state index is -1.02. The SMILES string of the molecule is CN1C[C@H](OCCOCCOCCOc2ccc3c(c2)C(=O)N(C2CCC(=O)NC2=O)C3=O)C[C@H]1COc1nc2c(c(N3CCN[C@@H](CC#N)C3)n1)CCN(c1cccc3ccccc13)C2. The Morgan fingerprint density at radius 1 is 0.833 bits per heavy atom. The Morgan fingerprint density at radius 2 is 1.64 bits per heavy atom. The Morgan fingerprint density at radius 3 is 2.48 bits per heavy atom. The van der Waals surface area contributed by atoms with Crippen LogP contribution in [-0.4, -0.2) is 154 Å². The fourth-order valence-electron chi connectivity index (χ4n) is 9.54. The number of fused-ring (bicyclic) bond motifs is 3. The smallest absolute Gasteiger partial charge is 0.318 e. The normalized spacial score (nSPS) is 22.1. The van der Waals surface area contributed by atoms with Crippen LogP contribution in [0.3, 0.4) is 0 Å². The van der Waals surface area contributed by atoms with Gasteiger partial charge in [0.1, 0.15) is 30.8 Å². The van der Waals surface area contributed by atoms with Crippen LogP contribution in [0.25, 0.3) is 10.8 Å². The minimum absolute atomic E-state index is 0.0286. The maximum absolute atomic E-state index is 13.1. The summed E-state index contributed by atoms with van der Waals surface area (Å²) in [4.78, 5) is 67.9. The van der Waals surface area contributed by atoms with Crippen molar-refractivity contribution in [3.05, 3.63) is 83.0 Å². The molecule has 4 atom stereocenters. The molecule has 0 bridgehead atoms. The molecule has 1 aromatic heterocycles. The molecule has 1 unspecified atom stereocenters. The topological polar surface area (TPSA) is 201 Å². The van der Waals surface area contributed by atoms with E-state index < -0.39 is 29.7 Å². The molecule has 3 aromatic carbocycles. The zero-order chi connectivity index (χ0) is 45.6. The van der Waals surface area contributed by atoms with Crippen LogP contribution in [0.4, 0.5) is 11.5 Å². The molecule has 3 fully saturated rings. The van der Waals surface area contributed by atoms with Crippen LogP contribution in [0.2, 0.25) is 0 Å². The zero-order valence-electron chi connectivity index (χ0n) is 37.1. The lowest BCUT2D eigenvalue weighted by atomic mass is 10.0. The molecule has 4 aromatic rings. The summed E-state index contributed by atoms with van der Waals surface area (Å²) in [5.74, 6) is -0.920. The third-order valence-corrected chi connectivity index (χ3v) is 12.9. The second-order valence-corrected chi connectivity index (χ2v) is 17.2. The van der Waals surface area contributed by atoms with Crippen LogP contribution in [-0.2, 0) is 36.8 Å². The van der Waals surface area contributed by atoms with Crippen molar-refractivity contribution in [3.63, 3.8) is 0 Å². The van der Waals surface area contributed by atoms with Crippen LogP contribution in [0.5, 0.6) is 11.8 Å². The van der Waals surface area contributed by atoms with E-state index in [4.69, 9.17) is 33.7 Å². The Kier molecular flexibility index (Phi) is 14.0. The number of rotatable bonds is 18. The number of likely N-dealkylation sites (N-methyl/N-ethyl adjacent to an activating group) is 1. The fraction of sp³-hybridized carbons (Fsp3) is 0.479. The summed E-state index contributed by atoms with van der Waals surface area (Å²) in [6, 6.07) is 21.4. The first-order valence-electron chi connectivity index (χ1n) is 22.8. The largest absolute Gasteiger partial charge is 0.491 e. The average Bonchev–Trinajstić information content (AvgIpc) is 3.81. The summed E-state index contributed by atoms with van der Waals surface area (Å²) in [7, 11) is 2.08. The molecule has 3 saturated heterocycles. The van der Waals surface area contributed by atoms with Crippen molar-refractivity contribution in [3.8, 4) is 17.8 Å². The number of piperidine rings is 1. The van der Waals surface area contributed by atoms with Gasteiger partial charge in [0.25, 0.3) is 11.8 Å². The van der Waals surface area contributed by atoms with Crippen molar-refractivity contribution in [2.75, 3.05) is 95.8 Å². The van der Waals surface area contributed by atoms with Gasteiger partial charge in [-0.25, -0.2) is 0 Å². The minimum Gasteiger partial charge on any atom is -0.491 e. The molecule has 5 aliphatic heterocycles. The lowest BCUT2D eigenvalue weighted by Gasteiger charge is -2.37. The molecule has 66 heavy (non-hydrogen) atoms. The Bertz CT molecular complexity index is 2490. The molecule has 2 N–H and O–H groups in total. The standard InChI is InChI=1S/C48H55N9O9/c1-54-28-35(65-24-22-63-20-19-62-21-23-64-34-9-10-37-39(26-34)47(61)57(46(37)60)42-11-12-43(58)52-45(42)59)25-33(54)30-66-48-51-40-29-55(41-8-4-6-31-5-2-3-7-36(31)41)17-14-38(40)44(53-48)56-18-16-50-32(27-56)13-15-49/h2-10,26,32-33,35,42,50H,11-14,16-25,27-30H2,1H3,(H,52,58,59)/t32-,33-,35+,42?/m0/s1. The highest BCUT2D eigenvalue weighted by atomic mass is 16.6. The van der Waals surface area contributed by atoms with Gasteiger partial charge in [0.05, 0.1) is 75.0 Å². The van der Waals surface area contributed by atoms with Gasteiger partial charge in [-0.2, -0.15) is 15.2 Å². The van der Waals surface area contributed by atoms with Gasteiger partial charge in [0.2, 0.25) is 11.8 Å². The van der Waals surface area contributed by atoms with Crippen molar-refractivity contribution in [1.82, 2.24) is 30.4 Å². The monoisotopic (exact) mass is 901 g/mol. The second-order valence-electron chi connectivity index (χ2n) is 17.2. The molecule has 0 spiro atoms. The number of nitrogens with one attached hydrogen (secondary N) is 2. The van der Waals surface area contributed by atoms with Crippen molar-refractivity contribution in [2.24, 2.45) is 0 Å². The highest BCUT2D eigenvalue weighted by Gasteiger charge is 2.45. The summed E-state index contributed by atoms with van der Waals surface area (Å²) in [6.45, 7) is 7.04. The van der Waals surface area contributed by atoms with E-state index in [1.807, 2.05) is 0 Å². The van der Waals surface area contributed by atoms with Crippen LogP contribution in [0, 0.1) is 11.3 Å². The number of amides is 4. The predicted octanol–water partition coefficient (Wildman–Crippen LogP) is 2.87. The lowest BCUT2D eigenvalue weighted by molar-refractivity contribution is -0.136. The number of carbonyl (C=O) groups excluding carboxylic acids is 4. The third kappa shape index (κ3) is 9.95. The number of benzene rings is 3. The van der Waals surface area contributed by atoms with E-state index in [9.17, 15) is 24.4 Å². The number of piperazine rings is 1. The van der Waals surface area contributed by atoms with Gasteiger partial charge in [-0.05, 0) is 56.0 Å². The predicted molar refractivity (Wildman–Crippen MR) is 241 cm³/mol. The summed E-state index contributed by atoms with van der Waals surface area (Å²) >= 11 is 0. The first-order valence-corrected chi connectivity index (χ1v) is 22.8. The number of nitriles is 1. The number of imide groups is 2. The average molecular weight is 902 g/mol. The molecule has 4 amide bonds. The van der Waals surface area contributed by atoms with Crippen molar-refractivity contribution >= 4 is 45.9 Å². The highest BCUT2D eigenvalue weighted by Crippen LogP contribution is 2.35. The van der Waals surface area contributed by atoms with Crippen molar-refractivity contribution in [2.45, 2.75) is 62.9 Å². The van der Waals surface area contributed by atoms with E-state index in [0.717, 1.165) is 61.0 Å². The molecule has 6 heterocycles. The van der Waals surface area contributed by atoms with Gasteiger partial charge in [-0.15, -0.1) is 0 Å². The molecule has 18 heteroatoms. The lowest BCUT2D eigenvalue weighted by Crippen LogP contribution is -2.54. The van der Waals surface area contributed by atoms with Crippen LogP contribution < -0.4 is 29.9 Å². The molecular weight excluding hydrogens is 847 g/mol.